The Hall–Kier alpha value is -6.52. The van der Waals surface area contributed by atoms with Crippen molar-refractivity contribution in [1.29, 1.82) is 0 Å². The van der Waals surface area contributed by atoms with Gasteiger partial charge in [0.05, 0.1) is 33.5 Å². The van der Waals surface area contributed by atoms with Crippen LogP contribution in [0.25, 0.3) is 60.9 Å². The van der Waals surface area contributed by atoms with Crippen LogP contribution in [0.3, 0.4) is 0 Å². The Morgan fingerprint density at radius 2 is 1.12 bits per heavy atom. The van der Waals surface area contributed by atoms with E-state index in [1.165, 1.54) is 21.6 Å². The van der Waals surface area contributed by atoms with Gasteiger partial charge >= 0.3 is 0 Å². The summed E-state index contributed by atoms with van der Waals surface area (Å²) in [5, 5.41) is 2.18. The van der Waals surface area contributed by atoms with E-state index in [1.807, 2.05) is 84.9 Å². The van der Waals surface area contributed by atoms with Gasteiger partial charge in [-0.25, -0.2) is 4.90 Å². The second kappa shape index (κ2) is 11.6. The lowest BCUT2D eigenvalue weighted by molar-refractivity contribution is 0.0926. The number of fused-ring (bicyclic) bond motifs is 4. The van der Waals surface area contributed by atoms with Gasteiger partial charge < -0.3 is 4.57 Å². The summed E-state index contributed by atoms with van der Waals surface area (Å²) in [6.45, 7) is 4.26. The van der Waals surface area contributed by atoms with Crippen molar-refractivity contribution in [2.24, 2.45) is 0 Å². The van der Waals surface area contributed by atoms with E-state index >= 15 is 0 Å². The Balaban J connectivity index is 1.22. The van der Waals surface area contributed by atoms with Crippen LogP contribution in [0.1, 0.15) is 31.8 Å². The first-order valence-electron chi connectivity index (χ1n) is 16.9. The molecule has 2 heterocycles. The summed E-state index contributed by atoms with van der Waals surface area (Å²) >= 11 is 0. The zero-order chi connectivity index (χ0) is 33.9. The summed E-state index contributed by atoms with van der Waals surface area (Å²) in [5.41, 5.74) is 12.6. The Morgan fingerprint density at radius 3 is 1.90 bits per heavy atom. The highest BCUT2D eigenvalue weighted by atomic mass is 16.2. The second-order valence-corrected chi connectivity index (χ2v) is 13.0. The number of carbonyl (C=O) groups excluding carboxylic acids is 2. The minimum absolute atomic E-state index is 0.325. The van der Waals surface area contributed by atoms with Gasteiger partial charge in [-0.2, -0.15) is 0 Å². The monoisotopic (exact) mass is 644 g/mol. The number of aromatic nitrogens is 1. The topological polar surface area (TPSA) is 42.3 Å². The van der Waals surface area contributed by atoms with Gasteiger partial charge in [0.2, 0.25) is 0 Å². The van der Waals surface area contributed by atoms with Crippen LogP contribution in [0.2, 0.25) is 0 Å². The standard InChI is InChI=1S/C46H32N2O2/c1-29-20-23-35(30(2)26-29)34-22-25-42-39(28-34)36-16-9-10-18-40(36)47(42)43-19-11-17-37-44(43)46(50)48(45(37)49)41-24-21-33(31-12-5-3-6-13-31)27-38(41)32-14-7-4-8-15-32/h3-28H,1-2H3. The maximum atomic E-state index is 14.7. The minimum Gasteiger partial charge on any atom is -0.308 e. The lowest BCUT2D eigenvalue weighted by Gasteiger charge is -2.20. The minimum atomic E-state index is -0.330. The van der Waals surface area contributed by atoms with E-state index in [4.69, 9.17) is 0 Å². The summed E-state index contributed by atoms with van der Waals surface area (Å²) in [4.78, 5) is 30.4. The number of benzene rings is 7. The van der Waals surface area contributed by atoms with Gasteiger partial charge in [0.15, 0.2) is 0 Å². The molecule has 0 N–H and O–H groups in total. The fourth-order valence-corrected chi connectivity index (χ4v) is 7.60. The van der Waals surface area contributed by atoms with Gasteiger partial charge in [0, 0.05) is 16.3 Å². The molecule has 0 spiro atoms. The molecule has 1 aromatic heterocycles. The molecule has 0 fully saturated rings. The van der Waals surface area contributed by atoms with Crippen molar-refractivity contribution in [3.8, 4) is 39.1 Å². The number of hydrogen-bond acceptors (Lipinski definition) is 2. The first-order chi connectivity index (χ1) is 24.5. The molecule has 7 aromatic carbocycles. The molecule has 0 bridgehead atoms. The second-order valence-electron chi connectivity index (χ2n) is 13.0. The number of nitrogens with zero attached hydrogens (tertiary/aromatic N) is 2. The molecular formula is C46H32N2O2. The first kappa shape index (κ1) is 29.6. The van der Waals surface area contributed by atoms with Gasteiger partial charge in [0.1, 0.15) is 0 Å². The maximum absolute atomic E-state index is 14.7. The maximum Gasteiger partial charge on any atom is 0.268 e. The number of anilines is 1. The van der Waals surface area contributed by atoms with E-state index < -0.39 is 0 Å². The van der Waals surface area contributed by atoms with E-state index in [9.17, 15) is 9.59 Å². The van der Waals surface area contributed by atoms with E-state index in [0.29, 0.717) is 22.5 Å². The van der Waals surface area contributed by atoms with Crippen LogP contribution in [-0.4, -0.2) is 16.4 Å². The van der Waals surface area contributed by atoms with Crippen LogP contribution >= 0.6 is 0 Å². The van der Waals surface area contributed by atoms with Gasteiger partial charge in [0.25, 0.3) is 11.8 Å². The van der Waals surface area contributed by atoms with Crippen LogP contribution in [0.15, 0.2) is 158 Å². The largest absolute Gasteiger partial charge is 0.308 e. The van der Waals surface area contributed by atoms with Gasteiger partial charge in [-0.05, 0) is 89.7 Å². The SMILES string of the molecule is Cc1ccc(-c2ccc3c(c2)c2ccccc2n3-c2cccc3c2C(=O)N(c2ccc(-c4ccccc4)cc2-c2ccccc2)C3=O)c(C)c1. The molecule has 1 aliphatic rings. The number of carbonyl (C=O) groups is 2. The summed E-state index contributed by atoms with van der Waals surface area (Å²) in [7, 11) is 0. The fourth-order valence-electron chi connectivity index (χ4n) is 7.60. The van der Waals surface area contributed by atoms with Crippen molar-refractivity contribution < 1.29 is 9.59 Å². The molecule has 238 valence electrons. The van der Waals surface area contributed by atoms with E-state index in [2.05, 4.69) is 85.1 Å². The molecule has 0 unspecified atom stereocenters. The Kier molecular flexibility index (Phi) is 6.85. The molecule has 4 nitrogen and oxygen atoms in total. The summed E-state index contributed by atoms with van der Waals surface area (Å²) < 4.78 is 2.14. The van der Waals surface area contributed by atoms with Crippen molar-refractivity contribution in [2.75, 3.05) is 4.90 Å². The lowest BCUT2D eigenvalue weighted by Crippen LogP contribution is -2.30. The number of rotatable bonds is 5. The van der Waals surface area contributed by atoms with Gasteiger partial charge in [-0.1, -0.05) is 121 Å². The smallest absolute Gasteiger partial charge is 0.268 e. The average Bonchev–Trinajstić information content (AvgIpc) is 3.62. The zero-order valence-corrected chi connectivity index (χ0v) is 27.7. The highest BCUT2D eigenvalue weighted by Gasteiger charge is 2.40. The Labute approximate surface area is 290 Å². The van der Waals surface area contributed by atoms with Crippen LogP contribution < -0.4 is 4.90 Å². The third-order valence-electron chi connectivity index (χ3n) is 9.93. The summed E-state index contributed by atoms with van der Waals surface area (Å²) in [6.07, 6.45) is 0. The molecular weight excluding hydrogens is 613 g/mol. The molecule has 2 amide bonds. The molecule has 1 aliphatic heterocycles. The number of aryl methyl sites for hydroxylation is 2. The van der Waals surface area contributed by atoms with Crippen LogP contribution in [0.5, 0.6) is 0 Å². The molecule has 0 radical (unpaired) electrons. The molecule has 9 rings (SSSR count). The van der Waals surface area contributed by atoms with Gasteiger partial charge in [-0.15, -0.1) is 0 Å². The quantitative estimate of drug-likeness (QED) is 0.175. The van der Waals surface area contributed by atoms with Gasteiger partial charge in [-0.3, -0.25) is 9.59 Å². The van der Waals surface area contributed by atoms with Crippen LogP contribution in [-0.2, 0) is 0 Å². The normalized spacial score (nSPS) is 12.6. The average molecular weight is 645 g/mol. The number of imide groups is 1. The van der Waals surface area contributed by atoms with Crippen molar-refractivity contribution in [1.82, 2.24) is 4.57 Å². The number of hydrogen-bond donors (Lipinski definition) is 0. The molecule has 0 aliphatic carbocycles. The van der Waals surface area contributed by atoms with E-state index in [0.717, 1.165) is 49.6 Å². The zero-order valence-electron chi connectivity index (χ0n) is 27.7. The Morgan fingerprint density at radius 1 is 0.420 bits per heavy atom. The molecule has 4 heteroatoms. The third-order valence-corrected chi connectivity index (χ3v) is 9.93. The summed E-state index contributed by atoms with van der Waals surface area (Å²) in [6, 6.07) is 53.0. The summed E-state index contributed by atoms with van der Waals surface area (Å²) in [5.74, 6) is -0.655. The van der Waals surface area contributed by atoms with Crippen LogP contribution in [0.4, 0.5) is 5.69 Å². The lowest BCUT2D eigenvalue weighted by atomic mass is 9.97. The predicted molar refractivity (Wildman–Crippen MR) is 204 cm³/mol. The fraction of sp³-hybridized carbons (Fsp3) is 0.0435. The highest BCUT2D eigenvalue weighted by Crippen LogP contribution is 2.42. The van der Waals surface area contributed by atoms with Crippen molar-refractivity contribution >= 4 is 39.3 Å². The predicted octanol–water partition coefficient (Wildman–Crippen LogP) is 11.2. The van der Waals surface area contributed by atoms with Crippen LogP contribution in [0, 0.1) is 13.8 Å². The molecule has 0 saturated carbocycles. The molecule has 8 aromatic rings. The van der Waals surface area contributed by atoms with E-state index in [1.54, 1.807) is 6.07 Å². The Bertz CT molecular complexity index is 2650. The first-order valence-corrected chi connectivity index (χ1v) is 16.9. The molecule has 0 saturated heterocycles. The van der Waals surface area contributed by atoms with E-state index in [-0.39, 0.29) is 11.8 Å². The van der Waals surface area contributed by atoms with Crippen molar-refractivity contribution in [3.05, 3.63) is 180 Å². The number of amides is 2. The third kappa shape index (κ3) is 4.61. The molecule has 0 atom stereocenters. The number of para-hydroxylation sites is 1. The highest BCUT2D eigenvalue weighted by molar-refractivity contribution is 6.36. The van der Waals surface area contributed by atoms with Crippen molar-refractivity contribution in [2.45, 2.75) is 13.8 Å². The molecule has 50 heavy (non-hydrogen) atoms. The van der Waals surface area contributed by atoms with Crippen molar-refractivity contribution in [3.63, 3.8) is 0 Å².